The van der Waals surface area contributed by atoms with Gasteiger partial charge in [-0.05, 0) is 24.3 Å². The zero-order chi connectivity index (χ0) is 18.1. The van der Waals surface area contributed by atoms with E-state index in [4.69, 9.17) is 4.74 Å². The molecule has 1 aromatic carbocycles. The number of guanidine groups is 1. The molecule has 0 saturated heterocycles. The summed E-state index contributed by atoms with van der Waals surface area (Å²) in [5.41, 5.74) is 1.42. The predicted molar refractivity (Wildman–Crippen MR) is 106 cm³/mol. The Morgan fingerprint density at radius 2 is 1.96 bits per heavy atom. The van der Waals surface area contributed by atoms with Crippen LogP contribution in [0.15, 0.2) is 47.6 Å². The van der Waals surface area contributed by atoms with Crippen LogP contribution in [0.3, 0.4) is 0 Å². The van der Waals surface area contributed by atoms with Crippen molar-refractivity contribution in [2.75, 3.05) is 14.2 Å². The number of rotatable bonds is 7. The second kappa shape index (κ2) is 11.4. The summed E-state index contributed by atoms with van der Waals surface area (Å²) in [5, 5.41) is 6.15. The summed E-state index contributed by atoms with van der Waals surface area (Å²) in [6.07, 6.45) is 1.71. The lowest BCUT2D eigenvalue weighted by molar-refractivity contribution is -0.0505. The smallest absolute Gasteiger partial charge is 0.387 e. The van der Waals surface area contributed by atoms with Crippen LogP contribution in [0.1, 0.15) is 11.3 Å². The second-order valence-electron chi connectivity index (χ2n) is 4.95. The molecule has 6 nitrogen and oxygen atoms in total. The molecule has 0 atom stereocenters. The molecule has 9 heteroatoms. The van der Waals surface area contributed by atoms with Gasteiger partial charge >= 0.3 is 6.61 Å². The molecule has 142 valence electrons. The summed E-state index contributed by atoms with van der Waals surface area (Å²) in [4.78, 5) is 8.30. The van der Waals surface area contributed by atoms with Gasteiger partial charge < -0.3 is 20.1 Å². The number of pyridine rings is 1. The number of hydrogen-bond donors (Lipinski definition) is 2. The molecule has 26 heavy (non-hydrogen) atoms. The van der Waals surface area contributed by atoms with Crippen LogP contribution in [0.2, 0.25) is 0 Å². The Bertz CT molecular complexity index is 702. The fourth-order valence-corrected chi connectivity index (χ4v) is 2.09. The molecule has 0 unspecified atom stereocenters. The summed E-state index contributed by atoms with van der Waals surface area (Å²) in [6, 6.07) is 10.4. The quantitative estimate of drug-likeness (QED) is 0.364. The number of ether oxygens (including phenoxy) is 2. The van der Waals surface area contributed by atoms with E-state index in [0.717, 1.165) is 5.69 Å². The molecule has 1 heterocycles. The van der Waals surface area contributed by atoms with E-state index < -0.39 is 6.61 Å². The largest absolute Gasteiger partial charge is 0.497 e. The van der Waals surface area contributed by atoms with E-state index in [1.807, 2.05) is 18.2 Å². The van der Waals surface area contributed by atoms with E-state index in [9.17, 15) is 8.78 Å². The highest BCUT2D eigenvalue weighted by atomic mass is 127. The highest BCUT2D eigenvalue weighted by Crippen LogP contribution is 2.26. The molecule has 2 N–H and O–H groups in total. The summed E-state index contributed by atoms with van der Waals surface area (Å²) in [7, 11) is 3.08. The second-order valence-corrected chi connectivity index (χ2v) is 4.95. The number of hydrogen-bond acceptors (Lipinski definition) is 4. The summed E-state index contributed by atoms with van der Waals surface area (Å²) in [5.74, 6) is 1.02. The van der Waals surface area contributed by atoms with Gasteiger partial charge in [-0.25, -0.2) is 0 Å². The highest BCUT2D eigenvalue weighted by molar-refractivity contribution is 14.0. The van der Waals surface area contributed by atoms with Crippen molar-refractivity contribution in [3.05, 3.63) is 53.9 Å². The first-order valence-corrected chi connectivity index (χ1v) is 7.58. The zero-order valence-electron chi connectivity index (χ0n) is 14.4. The van der Waals surface area contributed by atoms with Crippen LogP contribution in [0, 0.1) is 0 Å². The summed E-state index contributed by atoms with van der Waals surface area (Å²) >= 11 is 0. The summed E-state index contributed by atoms with van der Waals surface area (Å²) in [6.45, 7) is -2.16. The Hall–Kier alpha value is -2.17. The third kappa shape index (κ3) is 6.98. The van der Waals surface area contributed by atoms with E-state index in [1.54, 1.807) is 25.4 Å². The molecule has 0 amide bonds. The average Bonchev–Trinajstić information content (AvgIpc) is 2.63. The molecule has 0 spiro atoms. The van der Waals surface area contributed by atoms with E-state index in [1.165, 1.54) is 13.2 Å². The van der Waals surface area contributed by atoms with Crippen LogP contribution in [-0.2, 0) is 13.1 Å². The van der Waals surface area contributed by atoms with Crippen LogP contribution in [0.5, 0.6) is 11.5 Å². The maximum Gasteiger partial charge on any atom is 0.387 e. The normalized spacial score (nSPS) is 10.9. The lowest BCUT2D eigenvalue weighted by Crippen LogP contribution is -2.36. The third-order valence-corrected chi connectivity index (χ3v) is 3.32. The standard InChI is InChI=1S/C17H20F2N4O2.HI/c1-20-17(23-11-13-5-3-4-8-21-13)22-10-12-6-7-14(24-2)9-15(12)25-16(18)19;/h3-9,16H,10-11H2,1-2H3,(H2,20,22,23);1H. The van der Waals surface area contributed by atoms with Crippen LogP contribution >= 0.6 is 24.0 Å². The van der Waals surface area contributed by atoms with E-state index >= 15 is 0 Å². The van der Waals surface area contributed by atoms with E-state index in [2.05, 4.69) is 25.3 Å². The maximum atomic E-state index is 12.6. The first-order chi connectivity index (χ1) is 12.1. The Labute approximate surface area is 168 Å². The van der Waals surface area contributed by atoms with Crippen molar-refractivity contribution >= 4 is 29.9 Å². The molecule has 1 aromatic heterocycles. The molecule has 0 bridgehead atoms. The van der Waals surface area contributed by atoms with Crippen LogP contribution in [-0.4, -0.2) is 31.7 Å². The SMILES string of the molecule is CN=C(NCc1ccccn1)NCc1ccc(OC)cc1OC(F)F.I. The Balaban J connectivity index is 0.00000338. The maximum absolute atomic E-state index is 12.6. The topological polar surface area (TPSA) is 67.8 Å². The van der Waals surface area contributed by atoms with Crippen molar-refractivity contribution in [3.8, 4) is 11.5 Å². The highest BCUT2D eigenvalue weighted by Gasteiger charge is 2.11. The summed E-state index contributed by atoms with van der Waals surface area (Å²) < 4.78 is 34.8. The third-order valence-electron chi connectivity index (χ3n) is 3.32. The van der Waals surface area contributed by atoms with Gasteiger partial charge in [-0.15, -0.1) is 24.0 Å². The van der Waals surface area contributed by atoms with Gasteiger partial charge in [-0.3, -0.25) is 9.98 Å². The van der Waals surface area contributed by atoms with Gasteiger partial charge in [0.05, 0.1) is 19.3 Å². The van der Waals surface area contributed by atoms with Gasteiger partial charge in [0, 0.05) is 31.4 Å². The van der Waals surface area contributed by atoms with Gasteiger partial charge in [0.25, 0.3) is 0 Å². The molecule has 0 aliphatic rings. The van der Waals surface area contributed by atoms with E-state index in [0.29, 0.717) is 23.8 Å². The van der Waals surface area contributed by atoms with Crippen molar-refractivity contribution < 1.29 is 18.3 Å². The molecule has 2 rings (SSSR count). The lowest BCUT2D eigenvalue weighted by Gasteiger charge is -2.15. The zero-order valence-corrected chi connectivity index (χ0v) is 16.7. The Morgan fingerprint density at radius 1 is 1.19 bits per heavy atom. The first-order valence-electron chi connectivity index (χ1n) is 7.58. The van der Waals surface area contributed by atoms with Gasteiger partial charge in [0.1, 0.15) is 11.5 Å². The first kappa shape index (κ1) is 21.9. The van der Waals surface area contributed by atoms with Crippen LogP contribution in [0.25, 0.3) is 0 Å². The van der Waals surface area contributed by atoms with Gasteiger partial charge in [0.15, 0.2) is 5.96 Å². The van der Waals surface area contributed by atoms with Crippen molar-refractivity contribution in [1.82, 2.24) is 15.6 Å². The molecular weight excluding hydrogens is 457 g/mol. The fraction of sp³-hybridized carbons (Fsp3) is 0.294. The molecular formula is C17H21F2IN4O2. The molecule has 0 aliphatic heterocycles. The number of benzene rings is 1. The number of nitrogens with one attached hydrogen (secondary N) is 2. The number of methoxy groups -OCH3 is 1. The van der Waals surface area contributed by atoms with Crippen molar-refractivity contribution in [2.45, 2.75) is 19.7 Å². The number of nitrogens with zero attached hydrogens (tertiary/aromatic N) is 2. The van der Waals surface area contributed by atoms with Gasteiger partial charge in [0.2, 0.25) is 0 Å². The molecule has 0 fully saturated rings. The predicted octanol–water partition coefficient (Wildman–Crippen LogP) is 3.17. The lowest BCUT2D eigenvalue weighted by atomic mass is 10.2. The number of alkyl halides is 2. The average molecular weight is 478 g/mol. The molecule has 0 radical (unpaired) electrons. The minimum absolute atomic E-state index is 0. The van der Waals surface area contributed by atoms with Crippen LogP contribution < -0.4 is 20.1 Å². The van der Waals surface area contributed by atoms with Crippen molar-refractivity contribution in [3.63, 3.8) is 0 Å². The number of aliphatic imine (C=N–C) groups is 1. The molecule has 0 aliphatic carbocycles. The van der Waals surface area contributed by atoms with Crippen LogP contribution in [0.4, 0.5) is 8.78 Å². The Kier molecular flexibility index (Phi) is 9.63. The monoisotopic (exact) mass is 478 g/mol. The van der Waals surface area contributed by atoms with Gasteiger partial charge in [-0.2, -0.15) is 8.78 Å². The van der Waals surface area contributed by atoms with E-state index in [-0.39, 0.29) is 36.3 Å². The number of halogens is 3. The Morgan fingerprint density at radius 3 is 2.58 bits per heavy atom. The fourth-order valence-electron chi connectivity index (χ4n) is 2.09. The molecule has 0 saturated carbocycles. The van der Waals surface area contributed by atoms with Crippen molar-refractivity contribution in [2.24, 2.45) is 4.99 Å². The van der Waals surface area contributed by atoms with Crippen molar-refractivity contribution in [1.29, 1.82) is 0 Å². The minimum Gasteiger partial charge on any atom is -0.497 e. The molecule has 2 aromatic rings. The van der Waals surface area contributed by atoms with Gasteiger partial charge in [-0.1, -0.05) is 6.07 Å². The number of aromatic nitrogens is 1. The minimum atomic E-state index is -2.91.